The van der Waals surface area contributed by atoms with Gasteiger partial charge in [0.25, 0.3) is 0 Å². The van der Waals surface area contributed by atoms with Crippen molar-refractivity contribution in [1.29, 1.82) is 0 Å². The summed E-state index contributed by atoms with van der Waals surface area (Å²) in [7, 11) is 0. The van der Waals surface area contributed by atoms with E-state index in [1.807, 2.05) is 19.1 Å². The number of amides is 2. The van der Waals surface area contributed by atoms with Crippen LogP contribution in [0.3, 0.4) is 0 Å². The number of aromatic nitrogens is 1. The molecule has 0 atom stereocenters. The highest BCUT2D eigenvalue weighted by molar-refractivity contribution is 5.98. The van der Waals surface area contributed by atoms with Crippen LogP contribution in [0.4, 0.5) is 0 Å². The lowest BCUT2D eigenvalue weighted by Crippen LogP contribution is -2.37. The molecule has 78 valence electrons. The van der Waals surface area contributed by atoms with Crippen LogP contribution in [-0.2, 0) is 9.59 Å². The molecular weight excluding hydrogens is 192 g/mol. The number of carbonyl (C=O) groups is 2. The molecule has 4 heteroatoms. The number of pyridine rings is 1. The second-order valence-corrected chi connectivity index (χ2v) is 3.81. The van der Waals surface area contributed by atoms with Crippen LogP contribution in [0.25, 0.3) is 0 Å². The number of nitrogens with zero attached hydrogens (tertiary/aromatic N) is 1. The molecule has 1 aliphatic rings. The molecule has 2 amide bonds. The number of hydrogen-bond acceptors (Lipinski definition) is 3. The lowest BCUT2D eigenvalue weighted by Gasteiger charge is -2.20. The fraction of sp³-hybridized carbons (Fsp3) is 0.364. The standard InChI is InChI=1S/C11H12N2O2/c1-7-2-3-8(6-12-7)9-4-10(14)13-11(15)5-9/h2-3,6,9H,4-5H2,1H3,(H,13,14,15). The Hall–Kier alpha value is -1.71. The molecule has 0 radical (unpaired) electrons. The van der Waals surface area contributed by atoms with Gasteiger partial charge in [0, 0.05) is 30.7 Å². The molecule has 0 spiro atoms. The molecule has 1 fully saturated rings. The third kappa shape index (κ3) is 2.21. The Morgan fingerprint density at radius 3 is 2.47 bits per heavy atom. The molecule has 1 aliphatic heterocycles. The van der Waals surface area contributed by atoms with E-state index in [1.54, 1.807) is 6.20 Å². The van der Waals surface area contributed by atoms with Gasteiger partial charge in [-0.2, -0.15) is 0 Å². The van der Waals surface area contributed by atoms with Crippen molar-refractivity contribution in [3.63, 3.8) is 0 Å². The summed E-state index contributed by atoms with van der Waals surface area (Å²) < 4.78 is 0. The van der Waals surface area contributed by atoms with Gasteiger partial charge >= 0.3 is 0 Å². The maximum atomic E-state index is 11.2. The Kier molecular flexibility index (Phi) is 2.49. The average Bonchev–Trinajstić information content (AvgIpc) is 2.17. The van der Waals surface area contributed by atoms with E-state index in [0.717, 1.165) is 11.3 Å². The molecule has 4 nitrogen and oxygen atoms in total. The molecule has 15 heavy (non-hydrogen) atoms. The van der Waals surface area contributed by atoms with Gasteiger partial charge in [0.15, 0.2) is 0 Å². The molecule has 0 bridgehead atoms. The minimum Gasteiger partial charge on any atom is -0.296 e. The quantitative estimate of drug-likeness (QED) is 0.692. The van der Waals surface area contributed by atoms with Gasteiger partial charge in [-0.05, 0) is 18.6 Å². The summed E-state index contributed by atoms with van der Waals surface area (Å²) in [5, 5.41) is 2.29. The Balaban J connectivity index is 2.19. The fourth-order valence-corrected chi connectivity index (χ4v) is 1.73. The first-order valence-electron chi connectivity index (χ1n) is 4.90. The van der Waals surface area contributed by atoms with Gasteiger partial charge in [-0.1, -0.05) is 6.07 Å². The first-order chi connectivity index (χ1) is 7.15. The van der Waals surface area contributed by atoms with Crippen LogP contribution in [0.5, 0.6) is 0 Å². The van der Waals surface area contributed by atoms with Crippen LogP contribution in [-0.4, -0.2) is 16.8 Å². The van der Waals surface area contributed by atoms with E-state index < -0.39 is 0 Å². The molecule has 0 saturated carbocycles. The molecule has 2 heterocycles. The Labute approximate surface area is 87.7 Å². The van der Waals surface area contributed by atoms with Gasteiger partial charge in [-0.25, -0.2) is 0 Å². The van der Waals surface area contributed by atoms with Crippen LogP contribution < -0.4 is 5.32 Å². The number of rotatable bonds is 1. The third-order valence-corrected chi connectivity index (χ3v) is 2.55. The average molecular weight is 204 g/mol. The van der Waals surface area contributed by atoms with Crippen LogP contribution in [0, 0.1) is 6.92 Å². The van der Waals surface area contributed by atoms with E-state index >= 15 is 0 Å². The van der Waals surface area contributed by atoms with Crippen molar-refractivity contribution in [3.8, 4) is 0 Å². The van der Waals surface area contributed by atoms with Gasteiger partial charge in [0.1, 0.15) is 0 Å². The molecule has 2 rings (SSSR count). The van der Waals surface area contributed by atoms with E-state index in [1.165, 1.54) is 0 Å². The van der Waals surface area contributed by atoms with Crippen LogP contribution in [0.1, 0.15) is 30.0 Å². The third-order valence-electron chi connectivity index (χ3n) is 2.55. The number of nitrogens with one attached hydrogen (secondary N) is 1. The summed E-state index contributed by atoms with van der Waals surface area (Å²) in [5.41, 5.74) is 1.90. The number of aryl methyl sites for hydroxylation is 1. The van der Waals surface area contributed by atoms with E-state index in [-0.39, 0.29) is 17.7 Å². The number of hydrogen-bond donors (Lipinski definition) is 1. The second-order valence-electron chi connectivity index (χ2n) is 3.81. The minimum absolute atomic E-state index is 0.0145. The predicted molar refractivity (Wildman–Crippen MR) is 54.1 cm³/mol. The molecule has 1 aromatic rings. The van der Waals surface area contributed by atoms with Crippen molar-refractivity contribution in [3.05, 3.63) is 29.6 Å². The summed E-state index contributed by atoms with van der Waals surface area (Å²) in [6.07, 6.45) is 2.48. The zero-order valence-electron chi connectivity index (χ0n) is 8.49. The highest BCUT2D eigenvalue weighted by Crippen LogP contribution is 2.25. The topological polar surface area (TPSA) is 59.1 Å². The number of piperidine rings is 1. The summed E-state index contributed by atoms with van der Waals surface area (Å²) in [4.78, 5) is 26.5. The predicted octanol–water partition coefficient (Wildman–Crippen LogP) is 0.910. The maximum absolute atomic E-state index is 11.2. The van der Waals surface area contributed by atoms with Crippen molar-refractivity contribution >= 4 is 11.8 Å². The molecular formula is C11H12N2O2. The summed E-state index contributed by atoms with van der Waals surface area (Å²) in [6.45, 7) is 1.91. The van der Waals surface area contributed by atoms with Gasteiger partial charge in [-0.15, -0.1) is 0 Å². The summed E-state index contributed by atoms with van der Waals surface area (Å²) in [5.74, 6) is -0.409. The van der Waals surface area contributed by atoms with E-state index in [4.69, 9.17) is 0 Å². The van der Waals surface area contributed by atoms with Crippen molar-refractivity contribution in [2.45, 2.75) is 25.7 Å². The van der Waals surface area contributed by atoms with E-state index in [9.17, 15) is 9.59 Å². The van der Waals surface area contributed by atoms with Crippen LogP contribution in [0.2, 0.25) is 0 Å². The van der Waals surface area contributed by atoms with Gasteiger partial charge in [0.2, 0.25) is 11.8 Å². The van der Waals surface area contributed by atoms with Gasteiger partial charge < -0.3 is 0 Å². The normalized spacial score (nSPS) is 17.7. The molecule has 0 aromatic carbocycles. The SMILES string of the molecule is Cc1ccc(C2CC(=O)NC(=O)C2)cn1. The zero-order valence-corrected chi connectivity index (χ0v) is 8.49. The number of imide groups is 1. The monoisotopic (exact) mass is 204 g/mol. The highest BCUT2D eigenvalue weighted by Gasteiger charge is 2.25. The van der Waals surface area contributed by atoms with E-state index in [0.29, 0.717) is 12.8 Å². The van der Waals surface area contributed by atoms with Gasteiger partial charge in [-0.3, -0.25) is 19.9 Å². The summed E-state index contributed by atoms with van der Waals surface area (Å²) >= 11 is 0. The maximum Gasteiger partial charge on any atom is 0.227 e. The first-order valence-corrected chi connectivity index (χ1v) is 4.90. The summed E-state index contributed by atoms with van der Waals surface area (Å²) in [6, 6.07) is 3.82. The smallest absolute Gasteiger partial charge is 0.227 e. The lowest BCUT2D eigenvalue weighted by molar-refractivity contribution is -0.133. The highest BCUT2D eigenvalue weighted by atomic mass is 16.2. The van der Waals surface area contributed by atoms with Gasteiger partial charge in [0.05, 0.1) is 0 Å². The Morgan fingerprint density at radius 2 is 1.93 bits per heavy atom. The van der Waals surface area contributed by atoms with Crippen molar-refractivity contribution in [2.24, 2.45) is 0 Å². The first kappa shape index (κ1) is 9.83. The molecule has 1 N–H and O–H groups in total. The molecule has 1 aromatic heterocycles. The van der Waals surface area contributed by atoms with E-state index in [2.05, 4.69) is 10.3 Å². The van der Waals surface area contributed by atoms with Crippen molar-refractivity contribution in [1.82, 2.24) is 10.3 Å². The second kappa shape index (κ2) is 3.81. The Bertz CT molecular complexity index is 382. The minimum atomic E-state index is -0.197. The Morgan fingerprint density at radius 1 is 1.27 bits per heavy atom. The molecule has 1 saturated heterocycles. The zero-order chi connectivity index (χ0) is 10.8. The van der Waals surface area contributed by atoms with Crippen LogP contribution >= 0.6 is 0 Å². The lowest BCUT2D eigenvalue weighted by atomic mass is 9.90. The van der Waals surface area contributed by atoms with Crippen LogP contribution in [0.15, 0.2) is 18.3 Å². The van der Waals surface area contributed by atoms with Crippen molar-refractivity contribution in [2.75, 3.05) is 0 Å². The fourth-order valence-electron chi connectivity index (χ4n) is 1.73. The number of carbonyl (C=O) groups excluding carboxylic acids is 2. The molecule has 0 aliphatic carbocycles. The largest absolute Gasteiger partial charge is 0.296 e. The molecule has 0 unspecified atom stereocenters. The van der Waals surface area contributed by atoms with Crippen molar-refractivity contribution < 1.29 is 9.59 Å².